The number of rotatable bonds is 10. The third-order valence-electron chi connectivity index (χ3n) is 7.84. The monoisotopic (exact) mass is 505 g/mol. The van der Waals surface area contributed by atoms with Gasteiger partial charge in [-0.3, -0.25) is 9.69 Å². The highest BCUT2D eigenvalue weighted by atomic mass is 19.1. The Kier molecular flexibility index (Phi) is 7.24. The van der Waals surface area contributed by atoms with Gasteiger partial charge in [0.1, 0.15) is 38.0 Å². The number of alkyl halides is 3. The number of nitrogens with zero attached hydrogens (tertiary/aromatic N) is 1. The average molecular weight is 506 g/mol. The van der Waals surface area contributed by atoms with Gasteiger partial charge in [0.2, 0.25) is 0 Å². The van der Waals surface area contributed by atoms with Crippen molar-refractivity contribution in [2.24, 2.45) is 5.92 Å². The van der Waals surface area contributed by atoms with Crippen LogP contribution >= 0.6 is 0 Å². The van der Waals surface area contributed by atoms with E-state index in [1.54, 1.807) is 18.2 Å². The average Bonchev–Trinajstić information content (AvgIpc) is 3.29. The number of carbonyl (C=O) groups is 1. The summed E-state index contributed by atoms with van der Waals surface area (Å²) in [7, 11) is 0. The van der Waals surface area contributed by atoms with E-state index in [9.17, 15) is 18.0 Å². The summed E-state index contributed by atoms with van der Waals surface area (Å²) in [5.41, 5.74) is 0.305. The minimum absolute atomic E-state index is 0.0219. The van der Waals surface area contributed by atoms with Gasteiger partial charge in [0.25, 0.3) is 0 Å². The Labute approximate surface area is 208 Å². The van der Waals surface area contributed by atoms with Crippen LogP contribution in [-0.2, 0) is 13.0 Å². The number of fused-ring (bicyclic) bond motifs is 3. The van der Waals surface area contributed by atoms with Crippen molar-refractivity contribution in [1.82, 2.24) is 4.90 Å². The zero-order valence-electron chi connectivity index (χ0n) is 20.2. The van der Waals surface area contributed by atoms with Crippen molar-refractivity contribution >= 4 is 5.78 Å². The highest BCUT2D eigenvalue weighted by molar-refractivity contribution is 6.03. The maximum absolute atomic E-state index is 16.3. The molecule has 2 aromatic rings. The van der Waals surface area contributed by atoms with Crippen LogP contribution in [0.5, 0.6) is 11.5 Å². The molecule has 3 atom stereocenters. The number of hydrogen-bond donors (Lipinski definition) is 0. The molecule has 3 unspecified atom stereocenters. The van der Waals surface area contributed by atoms with Crippen molar-refractivity contribution in [3.8, 4) is 11.5 Å². The Balaban J connectivity index is 1.28. The van der Waals surface area contributed by atoms with Gasteiger partial charge in [-0.2, -0.15) is 0 Å². The summed E-state index contributed by atoms with van der Waals surface area (Å²) >= 11 is 0. The van der Waals surface area contributed by atoms with E-state index in [0.717, 1.165) is 18.4 Å². The fourth-order valence-electron chi connectivity index (χ4n) is 6.34. The third-order valence-corrected chi connectivity index (χ3v) is 7.84. The maximum atomic E-state index is 16.3. The number of carbonyl (C=O) groups excluding carboxylic acids is 1. The van der Waals surface area contributed by atoms with E-state index in [2.05, 4.69) is 4.90 Å². The molecule has 5 rings (SSSR count). The van der Waals surface area contributed by atoms with Gasteiger partial charge in [-0.1, -0.05) is 18.2 Å². The maximum Gasteiger partial charge on any atom is 0.166 e. The van der Waals surface area contributed by atoms with E-state index in [4.69, 9.17) is 9.47 Å². The van der Waals surface area contributed by atoms with Crippen LogP contribution in [0.1, 0.15) is 53.6 Å². The van der Waals surface area contributed by atoms with E-state index in [1.165, 1.54) is 12.1 Å². The van der Waals surface area contributed by atoms with Gasteiger partial charge in [0.15, 0.2) is 17.3 Å². The summed E-state index contributed by atoms with van der Waals surface area (Å²) in [5, 5.41) is 0. The predicted molar refractivity (Wildman–Crippen MR) is 127 cm³/mol. The van der Waals surface area contributed by atoms with Crippen LogP contribution in [0, 0.1) is 11.7 Å². The molecule has 0 N–H and O–H groups in total. The molecule has 36 heavy (non-hydrogen) atoms. The number of halogens is 4. The number of ketones is 1. The molecule has 2 aromatic carbocycles. The number of piperidine rings is 1. The lowest BCUT2D eigenvalue weighted by Gasteiger charge is -2.43. The molecular weight excluding hydrogens is 474 g/mol. The molecule has 0 aromatic heterocycles. The van der Waals surface area contributed by atoms with Gasteiger partial charge >= 0.3 is 0 Å². The molecule has 0 spiro atoms. The van der Waals surface area contributed by atoms with E-state index in [0.29, 0.717) is 36.9 Å². The molecule has 2 bridgehead atoms. The Bertz CT molecular complexity index is 1100. The van der Waals surface area contributed by atoms with Gasteiger partial charge in [-0.25, -0.2) is 17.6 Å². The van der Waals surface area contributed by atoms with Gasteiger partial charge < -0.3 is 9.47 Å². The second-order valence-corrected chi connectivity index (χ2v) is 10.2. The zero-order valence-corrected chi connectivity index (χ0v) is 20.2. The van der Waals surface area contributed by atoms with Crippen molar-refractivity contribution in [1.29, 1.82) is 0 Å². The molecule has 2 saturated heterocycles. The first-order valence-electron chi connectivity index (χ1n) is 12.7. The van der Waals surface area contributed by atoms with Crippen molar-refractivity contribution in [3.63, 3.8) is 0 Å². The summed E-state index contributed by atoms with van der Waals surface area (Å²) < 4.78 is 66.6. The lowest BCUT2D eigenvalue weighted by molar-refractivity contribution is -0.00689. The highest BCUT2D eigenvalue weighted by Crippen LogP contribution is 2.48. The fourth-order valence-corrected chi connectivity index (χ4v) is 6.34. The standard InChI is InChI=1S/C28H31F4NO3/c29-7-9-35-25-12-19-11-20(27(34)23(19)13-26(25)36-10-8-30)14-28(32)15-21-5-6-22(16-28)33(21)17-18-3-1-2-4-24(18)31/h1-4,12-13,20-22H,5-11,14-17H2. The number of hydrogen-bond acceptors (Lipinski definition) is 4. The highest BCUT2D eigenvalue weighted by Gasteiger charge is 2.50. The first-order valence-corrected chi connectivity index (χ1v) is 12.7. The Morgan fingerprint density at radius 1 is 0.972 bits per heavy atom. The van der Waals surface area contributed by atoms with Crippen LogP contribution in [0.2, 0.25) is 0 Å². The van der Waals surface area contributed by atoms with Crippen LogP contribution in [0.4, 0.5) is 17.6 Å². The SMILES string of the molecule is O=C1c2cc(OCCF)c(OCCF)cc2CC1CC1(F)CC2CCC(C1)N2Cc1ccccc1F. The normalized spacial score (nSPS) is 27.3. The molecule has 3 aliphatic rings. The van der Waals surface area contributed by atoms with Crippen molar-refractivity contribution < 1.29 is 31.8 Å². The molecule has 8 heteroatoms. The molecular formula is C28H31F4NO3. The van der Waals surface area contributed by atoms with Gasteiger partial charge in [-0.15, -0.1) is 0 Å². The van der Waals surface area contributed by atoms with E-state index in [-0.39, 0.29) is 54.8 Å². The topological polar surface area (TPSA) is 38.8 Å². The molecule has 0 amide bonds. The Hall–Kier alpha value is -2.61. The lowest BCUT2D eigenvalue weighted by Crippen LogP contribution is -2.49. The van der Waals surface area contributed by atoms with Crippen LogP contribution < -0.4 is 9.47 Å². The molecule has 2 heterocycles. The quantitative estimate of drug-likeness (QED) is 0.383. The number of Topliss-reactive ketones (excluding diaryl/α,β-unsaturated/α-hetero) is 1. The molecule has 194 valence electrons. The molecule has 1 aliphatic carbocycles. The van der Waals surface area contributed by atoms with Crippen molar-refractivity contribution in [2.75, 3.05) is 26.6 Å². The summed E-state index contributed by atoms with van der Waals surface area (Å²) in [6.45, 7) is -1.32. The second-order valence-electron chi connectivity index (χ2n) is 10.2. The van der Waals surface area contributed by atoms with Crippen LogP contribution in [-0.4, -0.2) is 55.0 Å². The minimum Gasteiger partial charge on any atom is -0.487 e. The summed E-state index contributed by atoms with van der Waals surface area (Å²) in [6.07, 6.45) is 2.90. The van der Waals surface area contributed by atoms with E-state index >= 15 is 4.39 Å². The molecule has 2 fully saturated rings. The van der Waals surface area contributed by atoms with Crippen molar-refractivity contribution in [2.45, 2.75) is 62.8 Å². The van der Waals surface area contributed by atoms with Crippen LogP contribution in [0.3, 0.4) is 0 Å². The van der Waals surface area contributed by atoms with Gasteiger partial charge in [0, 0.05) is 35.7 Å². The first-order chi connectivity index (χ1) is 17.4. The smallest absolute Gasteiger partial charge is 0.166 e. The number of ether oxygens (including phenoxy) is 2. The van der Waals surface area contributed by atoms with Crippen LogP contribution in [0.15, 0.2) is 36.4 Å². The third kappa shape index (κ3) is 4.97. The fraction of sp³-hybridized carbons (Fsp3) is 0.536. The molecule has 4 nitrogen and oxygen atoms in total. The molecule has 0 radical (unpaired) electrons. The largest absolute Gasteiger partial charge is 0.487 e. The predicted octanol–water partition coefficient (Wildman–Crippen LogP) is 5.80. The first kappa shape index (κ1) is 25.1. The van der Waals surface area contributed by atoms with Gasteiger partial charge in [0.05, 0.1) is 0 Å². The molecule has 0 saturated carbocycles. The number of benzene rings is 2. The zero-order chi connectivity index (χ0) is 25.3. The van der Waals surface area contributed by atoms with Crippen LogP contribution in [0.25, 0.3) is 0 Å². The van der Waals surface area contributed by atoms with Gasteiger partial charge in [-0.05, 0) is 62.3 Å². The summed E-state index contributed by atoms with van der Waals surface area (Å²) in [4.78, 5) is 15.5. The summed E-state index contributed by atoms with van der Waals surface area (Å²) in [5.74, 6) is -0.433. The minimum atomic E-state index is -1.47. The van der Waals surface area contributed by atoms with E-state index < -0.39 is 24.9 Å². The van der Waals surface area contributed by atoms with Crippen molar-refractivity contribution in [3.05, 3.63) is 58.9 Å². The molecule has 2 aliphatic heterocycles. The summed E-state index contributed by atoms with van der Waals surface area (Å²) in [6, 6.07) is 9.91. The Morgan fingerprint density at radius 2 is 1.61 bits per heavy atom. The lowest BCUT2D eigenvalue weighted by atomic mass is 9.79. The Morgan fingerprint density at radius 3 is 2.25 bits per heavy atom. The second kappa shape index (κ2) is 10.4. The van der Waals surface area contributed by atoms with E-state index in [1.807, 2.05) is 6.07 Å².